The minimum atomic E-state index is -0.428. The van der Waals surface area contributed by atoms with E-state index in [0.717, 1.165) is 37.7 Å². The minimum Gasteiger partial charge on any atom is -0.393 e. The lowest BCUT2D eigenvalue weighted by molar-refractivity contribution is -0.132. The van der Waals surface area contributed by atoms with Crippen molar-refractivity contribution in [3.63, 3.8) is 0 Å². The first kappa shape index (κ1) is 17.1. The molecule has 0 unspecified atom stereocenters. The molecule has 5 heteroatoms. The van der Waals surface area contributed by atoms with Gasteiger partial charge in [-0.2, -0.15) is 0 Å². The van der Waals surface area contributed by atoms with E-state index in [-0.39, 0.29) is 18.1 Å². The molecule has 1 heterocycles. The Bertz CT molecular complexity index is 734. The van der Waals surface area contributed by atoms with Crippen molar-refractivity contribution in [3.8, 4) is 0 Å². The molecule has 2 aliphatic rings. The second-order valence-corrected chi connectivity index (χ2v) is 8.71. The van der Waals surface area contributed by atoms with Crippen LogP contribution in [0.2, 0.25) is 5.02 Å². The van der Waals surface area contributed by atoms with E-state index in [0.29, 0.717) is 10.9 Å². The van der Waals surface area contributed by atoms with Crippen LogP contribution in [0.15, 0.2) is 41.8 Å². The van der Waals surface area contributed by atoms with Crippen LogP contribution in [0.3, 0.4) is 0 Å². The maximum Gasteiger partial charge on any atom is 0.231 e. The topological polar surface area (TPSA) is 49.3 Å². The highest BCUT2D eigenvalue weighted by atomic mass is 35.5. The monoisotopic (exact) mass is 375 g/mol. The number of thiophene rings is 1. The van der Waals surface area contributed by atoms with Gasteiger partial charge < -0.3 is 10.4 Å². The van der Waals surface area contributed by atoms with Gasteiger partial charge in [0.15, 0.2) is 0 Å². The molecule has 2 fully saturated rings. The first-order valence-corrected chi connectivity index (χ1v) is 10.1. The van der Waals surface area contributed by atoms with Gasteiger partial charge in [-0.25, -0.2) is 0 Å². The van der Waals surface area contributed by atoms with E-state index >= 15 is 0 Å². The average Bonchev–Trinajstić information content (AvgIpc) is 3.05. The van der Waals surface area contributed by atoms with Gasteiger partial charge in [-0.1, -0.05) is 36.2 Å². The molecule has 3 nitrogen and oxygen atoms in total. The van der Waals surface area contributed by atoms with Crippen molar-refractivity contribution in [2.75, 3.05) is 0 Å². The third kappa shape index (κ3) is 3.12. The first-order chi connectivity index (χ1) is 12.1. The van der Waals surface area contributed by atoms with Crippen molar-refractivity contribution in [2.24, 2.45) is 5.92 Å². The molecule has 0 aliphatic heterocycles. The Hall–Kier alpha value is -1.36. The smallest absolute Gasteiger partial charge is 0.231 e. The summed E-state index contributed by atoms with van der Waals surface area (Å²) >= 11 is 7.69. The Kier molecular flexibility index (Phi) is 4.61. The van der Waals surface area contributed by atoms with Gasteiger partial charge in [-0.05, 0) is 60.7 Å². The lowest BCUT2D eigenvalue weighted by Gasteiger charge is -2.44. The van der Waals surface area contributed by atoms with E-state index in [1.54, 1.807) is 11.3 Å². The Balaban J connectivity index is 1.57. The number of aliphatic hydroxyl groups is 1. The van der Waals surface area contributed by atoms with Crippen molar-refractivity contribution >= 4 is 28.8 Å². The molecule has 1 amide bonds. The number of nitrogens with one attached hydrogen (secondary N) is 1. The molecule has 2 N–H and O–H groups in total. The van der Waals surface area contributed by atoms with Gasteiger partial charge in [0.1, 0.15) is 0 Å². The molecule has 0 saturated heterocycles. The van der Waals surface area contributed by atoms with E-state index in [1.165, 1.54) is 4.88 Å². The molecule has 0 radical (unpaired) electrons. The van der Waals surface area contributed by atoms with Gasteiger partial charge in [0, 0.05) is 9.90 Å². The van der Waals surface area contributed by atoms with Gasteiger partial charge >= 0.3 is 0 Å². The molecule has 25 heavy (non-hydrogen) atoms. The standard InChI is InChI=1S/C20H22ClNO2S/c21-15-6-4-14(5-7-15)20(8-2-9-20)19(24)22-18(13-11-16(23)12-13)17-3-1-10-25-17/h1,3-7,10,13,16,18,23H,2,8-9,11-12H2,(H,22,24)/t13?,16?,18-/m0/s1. The molecule has 0 bridgehead atoms. The van der Waals surface area contributed by atoms with Crippen LogP contribution in [0.5, 0.6) is 0 Å². The number of hydrogen-bond acceptors (Lipinski definition) is 3. The summed E-state index contributed by atoms with van der Waals surface area (Å²) in [5.74, 6) is 0.431. The Morgan fingerprint density at radius 1 is 1.24 bits per heavy atom. The number of hydrogen-bond donors (Lipinski definition) is 2. The Morgan fingerprint density at radius 3 is 2.48 bits per heavy atom. The zero-order chi connectivity index (χ0) is 17.4. The molecular formula is C20H22ClNO2S. The predicted molar refractivity (Wildman–Crippen MR) is 101 cm³/mol. The summed E-state index contributed by atoms with van der Waals surface area (Å²) in [6, 6.07) is 11.8. The molecule has 1 aromatic carbocycles. The van der Waals surface area contributed by atoms with Gasteiger partial charge in [-0.3, -0.25) is 4.79 Å². The highest BCUT2D eigenvalue weighted by molar-refractivity contribution is 7.10. The van der Waals surface area contributed by atoms with Crippen LogP contribution in [0, 0.1) is 5.92 Å². The van der Waals surface area contributed by atoms with Crippen LogP contribution in [0.25, 0.3) is 0 Å². The number of carbonyl (C=O) groups is 1. The summed E-state index contributed by atoms with van der Waals surface area (Å²) in [6.45, 7) is 0. The molecule has 1 aromatic heterocycles. The average molecular weight is 376 g/mol. The fraction of sp³-hybridized carbons (Fsp3) is 0.450. The highest BCUT2D eigenvalue weighted by Gasteiger charge is 2.47. The number of benzene rings is 1. The van der Waals surface area contributed by atoms with E-state index < -0.39 is 5.41 Å². The van der Waals surface area contributed by atoms with Crippen molar-refractivity contribution < 1.29 is 9.90 Å². The number of carbonyl (C=O) groups excluding carboxylic acids is 1. The van der Waals surface area contributed by atoms with Crippen LogP contribution in [-0.2, 0) is 10.2 Å². The summed E-state index contributed by atoms with van der Waals surface area (Å²) in [7, 11) is 0. The second-order valence-electron chi connectivity index (χ2n) is 7.29. The normalized spacial score (nSPS) is 25.5. The van der Waals surface area contributed by atoms with Gasteiger partial charge in [0.05, 0.1) is 17.6 Å². The van der Waals surface area contributed by atoms with E-state index in [2.05, 4.69) is 11.4 Å². The second kappa shape index (κ2) is 6.75. The maximum absolute atomic E-state index is 13.3. The summed E-state index contributed by atoms with van der Waals surface area (Å²) in [4.78, 5) is 14.4. The van der Waals surface area contributed by atoms with Crippen LogP contribution in [0.4, 0.5) is 0 Å². The summed E-state index contributed by atoms with van der Waals surface area (Å²) in [5.41, 5.74) is 0.627. The van der Waals surface area contributed by atoms with Crippen LogP contribution < -0.4 is 5.32 Å². The lowest BCUT2D eigenvalue weighted by Crippen LogP contribution is -2.52. The Labute approximate surface area is 157 Å². The van der Waals surface area contributed by atoms with E-state index in [4.69, 9.17) is 11.6 Å². The van der Waals surface area contributed by atoms with Crippen molar-refractivity contribution in [1.82, 2.24) is 5.32 Å². The highest BCUT2D eigenvalue weighted by Crippen LogP contribution is 2.46. The maximum atomic E-state index is 13.3. The summed E-state index contributed by atoms with van der Waals surface area (Å²) < 4.78 is 0. The molecular weight excluding hydrogens is 354 g/mol. The third-order valence-electron chi connectivity index (χ3n) is 5.80. The summed E-state index contributed by atoms with van der Waals surface area (Å²) in [5, 5.41) is 15.8. The van der Waals surface area contributed by atoms with Crippen molar-refractivity contribution in [1.29, 1.82) is 0 Å². The molecule has 0 spiro atoms. The number of aliphatic hydroxyl groups excluding tert-OH is 1. The number of amides is 1. The fourth-order valence-electron chi connectivity index (χ4n) is 4.02. The minimum absolute atomic E-state index is 0.000625. The molecule has 4 rings (SSSR count). The molecule has 1 atom stereocenters. The molecule has 2 aliphatic carbocycles. The fourth-order valence-corrected chi connectivity index (χ4v) is 5.01. The first-order valence-electron chi connectivity index (χ1n) is 8.87. The van der Waals surface area contributed by atoms with Crippen molar-refractivity contribution in [2.45, 2.75) is 49.7 Å². The van der Waals surface area contributed by atoms with E-state index in [9.17, 15) is 9.90 Å². The van der Waals surface area contributed by atoms with Gasteiger partial charge in [0.2, 0.25) is 5.91 Å². The molecule has 132 valence electrons. The molecule has 2 saturated carbocycles. The zero-order valence-electron chi connectivity index (χ0n) is 14.0. The number of halogens is 1. The lowest BCUT2D eigenvalue weighted by atomic mass is 9.63. The quantitative estimate of drug-likeness (QED) is 0.811. The predicted octanol–water partition coefficient (Wildman–Crippen LogP) is 4.45. The summed E-state index contributed by atoms with van der Waals surface area (Å²) in [6.07, 6.45) is 4.13. The largest absolute Gasteiger partial charge is 0.393 e. The van der Waals surface area contributed by atoms with Crippen LogP contribution in [-0.4, -0.2) is 17.1 Å². The van der Waals surface area contributed by atoms with Gasteiger partial charge in [0.25, 0.3) is 0 Å². The molecule has 2 aromatic rings. The number of rotatable bonds is 5. The zero-order valence-corrected chi connectivity index (χ0v) is 15.5. The van der Waals surface area contributed by atoms with Crippen molar-refractivity contribution in [3.05, 3.63) is 57.2 Å². The van der Waals surface area contributed by atoms with Gasteiger partial charge in [-0.15, -0.1) is 11.3 Å². The third-order valence-corrected chi connectivity index (χ3v) is 7.00. The van der Waals surface area contributed by atoms with E-state index in [1.807, 2.05) is 35.7 Å². The SMILES string of the molecule is O=C(N[C@H](c1cccs1)C1CC(O)C1)C1(c2ccc(Cl)cc2)CCC1. The Morgan fingerprint density at radius 2 is 1.96 bits per heavy atom. The van der Waals surface area contributed by atoms with Crippen LogP contribution >= 0.6 is 22.9 Å². The van der Waals surface area contributed by atoms with Crippen LogP contribution in [0.1, 0.15) is 48.6 Å².